The number of guanidine groups is 1. The highest BCUT2D eigenvalue weighted by Gasteiger charge is 2.09. The molecule has 0 bridgehead atoms. The predicted molar refractivity (Wildman–Crippen MR) is 102 cm³/mol. The van der Waals surface area contributed by atoms with E-state index in [1.165, 1.54) is 10.4 Å². The van der Waals surface area contributed by atoms with Crippen molar-refractivity contribution in [2.45, 2.75) is 26.8 Å². The van der Waals surface area contributed by atoms with Gasteiger partial charge in [-0.2, -0.15) is 0 Å². The third kappa shape index (κ3) is 5.04. The van der Waals surface area contributed by atoms with Gasteiger partial charge in [0.15, 0.2) is 5.96 Å². The monoisotopic (exact) mass is 394 g/mol. The molecule has 0 spiro atoms. The normalized spacial score (nSPS) is 11.6. The standard InChI is InChI=1S/C17H23BrN4S/c1-12-16(23-13(2)21-12)9-10-20-17(19-3)22(4)11-14-7-5-6-8-15(14)18/h5-8H,9-11H2,1-4H3,(H,19,20). The van der Waals surface area contributed by atoms with Crippen molar-refractivity contribution >= 4 is 33.2 Å². The summed E-state index contributed by atoms with van der Waals surface area (Å²) in [6.07, 6.45) is 0.971. The molecule has 0 aliphatic rings. The highest BCUT2D eigenvalue weighted by Crippen LogP contribution is 2.18. The summed E-state index contributed by atoms with van der Waals surface area (Å²) in [5.41, 5.74) is 2.39. The SMILES string of the molecule is CN=C(NCCc1sc(C)nc1C)N(C)Cc1ccccc1Br. The maximum absolute atomic E-state index is 4.47. The summed E-state index contributed by atoms with van der Waals surface area (Å²) in [5, 5.41) is 4.57. The molecule has 23 heavy (non-hydrogen) atoms. The molecular formula is C17H23BrN4S. The fraction of sp³-hybridized carbons (Fsp3) is 0.412. The lowest BCUT2D eigenvalue weighted by molar-refractivity contribution is 0.476. The van der Waals surface area contributed by atoms with Crippen LogP contribution in [0.3, 0.4) is 0 Å². The van der Waals surface area contributed by atoms with Crippen molar-refractivity contribution in [1.82, 2.24) is 15.2 Å². The molecule has 0 fully saturated rings. The number of aromatic nitrogens is 1. The second-order valence-electron chi connectivity index (χ2n) is 5.41. The van der Waals surface area contributed by atoms with Gasteiger partial charge in [0.05, 0.1) is 10.7 Å². The molecule has 1 N–H and O–H groups in total. The molecule has 0 radical (unpaired) electrons. The van der Waals surface area contributed by atoms with Gasteiger partial charge in [0.25, 0.3) is 0 Å². The summed E-state index contributed by atoms with van der Waals surface area (Å²) >= 11 is 5.37. The van der Waals surface area contributed by atoms with E-state index in [4.69, 9.17) is 0 Å². The zero-order valence-corrected chi connectivity index (χ0v) is 16.5. The number of thiazole rings is 1. The first-order chi connectivity index (χ1) is 11.0. The molecule has 1 aromatic carbocycles. The Balaban J connectivity index is 1.90. The Morgan fingerprint density at radius 2 is 2.09 bits per heavy atom. The number of rotatable bonds is 5. The van der Waals surface area contributed by atoms with Crippen molar-refractivity contribution in [3.63, 3.8) is 0 Å². The summed E-state index contributed by atoms with van der Waals surface area (Å²) < 4.78 is 1.12. The number of aliphatic imine (C=N–C) groups is 1. The second kappa shape index (κ2) is 8.45. The van der Waals surface area contributed by atoms with Crippen LogP contribution in [0.25, 0.3) is 0 Å². The van der Waals surface area contributed by atoms with Crippen molar-refractivity contribution in [3.05, 3.63) is 49.9 Å². The zero-order valence-electron chi connectivity index (χ0n) is 14.1. The van der Waals surface area contributed by atoms with E-state index in [9.17, 15) is 0 Å². The molecule has 2 aromatic rings. The zero-order chi connectivity index (χ0) is 16.8. The number of halogens is 1. The minimum absolute atomic E-state index is 0.805. The molecule has 1 heterocycles. The maximum atomic E-state index is 4.47. The van der Waals surface area contributed by atoms with Gasteiger partial charge in [0.1, 0.15) is 0 Å². The van der Waals surface area contributed by atoms with E-state index in [0.717, 1.165) is 40.6 Å². The molecule has 0 saturated heterocycles. The molecule has 0 saturated carbocycles. The first-order valence-electron chi connectivity index (χ1n) is 7.59. The van der Waals surface area contributed by atoms with Crippen molar-refractivity contribution in [1.29, 1.82) is 0 Å². The van der Waals surface area contributed by atoms with Gasteiger partial charge in [-0.3, -0.25) is 4.99 Å². The lowest BCUT2D eigenvalue weighted by Crippen LogP contribution is -2.39. The van der Waals surface area contributed by atoms with Crippen LogP contribution in [-0.2, 0) is 13.0 Å². The van der Waals surface area contributed by atoms with E-state index in [0.29, 0.717) is 0 Å². The third-order valence-electron chi connectivity index (χ3n) is 3.57. The van der Waals surface area contributed by atoms with Gasteiger partial charge in [0.2, 0.25) is 0 Å². The molecule has 0 unspecified atom stereocenters. The fourth-order valence-electron chi connectivity index (χ4n) is 2.44. The van der Waals surface area contributed by atoms with Crippen LogP contribution in [-0.4, -0.2) is 36.5 Å². The Morgan fingerprint density at radius 1 is 1.35 bits per heavy atom. The number of hydrogen-bond donors (Lipinski definition) is 1. The largest absolute Gasteiger partial charge is 0.356 e. The van der Waals surface area contributed by atoms with Gasteiger partial charge in [0, 0.05) is 43.0 Å². The highest BCUT2D eigenvalue weighted by molar-refractivity contribution is 9.10. The minimum atomic E-state index is 0.805. The summed E-state index contributed by atoms with van der Waals surface area (Å²) in [5.74, 6) is 0.902. The van der Waals surface area contributed by atoms with Crippen LogP contribution in [0.15, 0.2) is 33.7 Å². The molecule has 0 aliphatic carbocycles. The first kappa shape index (κ1) is 17.9. The smallest absolute Gasteiger partial charge is 0.193 e. The van der Waals surface area contributed by atoms with Crippen LogP contribution in [0.4, 0.5) is 0 Å². The Labute approximate surface area is 150 Å². The Morgan fingerprint density at radius 3 is 2.70 bits per heavy atom. The maximum Gasteiger partial charge on any atom is 0.193 e. The molecule has 1 aromatic heterocycles. The van der Waals surface area contributed by atoms with Crippen LogP contribution in [0.1, 0.15) is 21.1 Å². The van der Waals surface area contributed by atoms with Gasteiger partial charge < -0.3 is 10.2 Å². The molecule has 6 heteroatoms. The minimum Gasteiger partial charge on any atom is -0.356 e. The van der Waals surface area contributed by atoms with Crippen molar-refractivity contribution in [2.75, 3.05) is 20.6 Å². The molecular weight excluding hydrogens is 372 g/mol. The van der Waals surface area contributed by atoms with Crippen molar-refractivity contribution in [3.8, 4) is 0 Å². The van der Waals surface area contributed by atoms with Gasteiger partial charge in [-0.25, -0.2) is 4.98 Å². The number of hydrogen-bond acceptors (Lipinski definition) is 3. The highest BCUT2D eigenvalue weighted by atomic mass is 79.9. The van der Waals surface area contributed by atoms with Gasteiger partial charge in [-0.05, 0) is 25.5 Å². The number of nitrogens with one attached hydrogen (secondary N) is 1. The van der Waals surface area contributed by atoms with Crippen molar-refractivity contribution in [2.24, 2.45) is 4.99 Å². The number of aryl methyl sites for hydroxylation is 2. The van der Waals surface area contributed by atoms with E-state index in [1.54, 1.807) is 11.3 Å². The summed E-state index contributed by atoms with van der Waals surface area (Å²) in [7, 11) is 3.87. The average molecular weight is 395 g/mol. The first-order valence-corrected chi connectivity index (χ1v) is 9.20. The topological polar surface area (TPSA) is 40.5 Å². The van der Waals surface area contributed by atoms with Crippen LogP contribution < -0.4 is 5.32 Å². The molecule has 2 rings (SSSR count). The van der Waals surface area contributed by atoms with E-state index >= 15 is 0 Å². The molecule has 4 nitrogen and oxygen atoms in total. The molecule has 0 atom stereocenters. The van der Waals surface area contributed by atoms with Crippen LogP contribution >= 0.6 is 27.3 Å². The Bertz CT molecular complexity index is 681. The van der Waals surface area contributed by atoms with E-state index < -0.39 is 0 Å². The Kier molecular flexibility index (Phi) is 6.59. The second-order valence-corrected chi connectivity index (χ2v) is 7.56. The lowest BCUT2D eigenvalue weighted by atomic mass is 10.2. The predicted octanol–water partition coefficient (Wildman–Crippen LogP) is 3.77. The van der Waals surface area contributed by atoms with Gasteiger partial charge in [-0.1, -0.05) is 34.1 Å². The van der Waals surface area contributed by atoms with Crippen LogP contribution in [0, 0.1) is 13.8 Å². The summed E-state index contributed by atoms with van der Waals surface area (Å²) in [6, 6.07) is 8.27. The van der Waals surface area contributed by atoms with Crippen LogP contribution in [0.2, 0.25) is 0 Å². The fourth-order valence-corrected chi connectivity index (χ4v) is 3.78. The van der Waals surface area contributed by atoms with Gasteiger partial charge >= 0.3 is 0 Å². The molecule has 0 aliphatic heterocycles. The Hall–Kier alpha value is -1.40. The summed E-state index contributed by atoms with van der Waals surface area (Å²) in [4.78, 5) is 12.3. The molecule has 124 valence electrons. The van der Waals surface area contributed by atoms with Gasteiger partial charge in [-0.15, -0.1) is 11.3 Å². The van der Waals surface area contributed by atoms with E-state index in [-0.39, 0.29) is 0 Å². The number of benzene rings is 1. The summed E-state index contributed by atoms with van der Waals surface area (Å²) in [6.45, 7) is 5.79. The third-order valence-corrected chi connectivity index (χ3v) is 5.48. The lowest BCUT2D eigenvalue weighted by Gasteiger charge is -2.22. The van der Waals surface area contributed by atoms with E-state index in [2.05, 4.69) is 75.2 Å². The average Bonchev–Trinajstić information content (AvgIpc) is 2.84. The number of nitrogens with zero attached hydrogens (tertiary/aromatic N) is 3. The quantitative estimate of drug-likeness (QED) is 0.619. The molecule has 0 amide bonds. The van der Waals surface area contributed by atoms with E-state index in [1.807, 2.05) is 13.1 Å². The van der Waals surface area contributed by atoms with Crippen molar-refractivity contribution < 1.29 is 0 Å². The van der Waals surface area contributed by atoms with Crippen LogP contribution in [0.5, 0.6) is 0 Å².